The maximum absolute atomic E-state index is 10.9. The Morgan fingerprint density at radius 1 is 1.42 bits per heavy atom. The normalized spacial score (nSPS) is 15.3. The fourth-order valence-corrected chi connectivity index (χ4v) is 3.13. The van der Waals surface area contributed by atoms with E-state index in [0.717, 1.165) is 10.7 Å². The van der Waals surface area contributed by atoms with Gasteiger partial charge >= 0.3 is 0 Å². The number of amides is 1. The molecule has 1 amide bonds. The molecule has 0 aliphatic heterocycles. The largest absolute Gasteiger partial charge is 0.370 e. The van der Waals surface area contributed by atoms with Crippen LogP contribution in [0.5, 0.6) is 0 Å². The summed E-state index contributed by atoms with van der Waals surface area (Å²) < 4.78 is 0. The Morgan fingerprint density at radius 2 is 2.00 bits per heavy atom. The van der Waals surface area contributed by atoms with Gasteiger partial charge in [-0.1, -0.05) is 20.8 Å². The highest BCUT2D eigenvalue weighted by Gasteiger charge is 2.23. The molecule has 0 fully saturated rings. The summed E-state index contributed by atoms with van der Waals surface area (Å²) in [5.41, 5.74) is 6.36. The average molecular weight is 283 g/mol. The first kappa shape index (κ1) is 16.1. The van der Waals surface area contributed by atoms with Crippen LogP contribution in [0.2, 0.25) is 0 Å². The quantitative estimate of drug-likeness (QED) is 0.873. The van der Waals surface area contributed by atoms with Gasteiger partial charge in [0.1, 0.15) is 0 Å². The molecule has 0 bridgehead atoms. The standard InChI is InChI=1S/C14H25N3OS/c1-8(7-11(15)18)16-9(2)12-10(3)17-13(19-12)14(4,5)6/h8-9,16H,7H2,1-6H3,(H2,15,18). The van der Waals surface area contributed by atoms with Crippen molar-refractivity contribution in [3.8, 4) is 0 Å². The fourth-order valence-electron chi connectivity index (χ4n) is 1.99. The molecule has 0 spiro atoms. The molecule has 0 saturated heterocycles. The number of hydrogen-bond donors (Lipinski definition) is 2. The first-order chi connectivity index (χ1) is 8.61. The highest BCUT2D eigenvalue weighted by atomic mass is 32.1. The van der Waals surface area contributed by atoms with Crippen LogP contribution in [0.3, 0.4) is 0 Å². The lowest BCUT2D eigenvalue weighted by Crippen LogP contribution is -2.32. The molecule has 0 radical (unpaired) electrons. The van der Waals surface area contributed by atoms with E-state index in [1.807, 2.05) is 13.8 Å². The maximum atomic E-state index is 10.9. The maximum Gasteiger partial charge on any atom is 0.218 e. The number of nitrogens with two attached hydrogens (primary N) is 1. The van der Waals surface area contributed by atoms with Gasteiger partial charge in [-0.3, -0.25) is 4.79 Å². The molecule has 0 saturated carbocycles. The Kier molecular flexibility index (Phi) is 5.10. The van der Waals surface area contributed by atoms with Crippen molar-refractivity contribution in [1.29, 1.82) is 0 Å². The van der Waals surface area contributed by atoms with E-state index in [-0.39, 0.29) is 23.4 Å². The second-order valence-electron chi connectivity index (χ2n) is 6.18. The van der Waals surface area contributed by atoms with Crippen molar-refractivity contribution in [3.05, 3.63) is 15.6 Å². The second kappa shape index (κ2) is 6.01. The minimum atomic E-state index is -0.274. The van der Waals surface area contributed by atoms with Gasteiger partial charge in [0.15, 0.2) is 0 Å². The van der Waals surface area contributed by atoms with Gasteiger partial charge < -0.3 is 11.1 Å². The van der Waals surface area contributed by atoms with Gasteiger partial charge in [-0.05, 0) is 20.8 Å². The van der Waals surface area contributed by atoms with Crippen molar-refractivity contribution in [1.82, 2.24) is 10.3 Å². The number of nitrogens with one attached hydrogen (secondary N) is 1. The lowest BCUT2D eigenvalue weighted by molar-refractivity contribution is -0.118. The number of aromatic nitrogens is 1. The number of rotatable bonds is 5. The Labute approximate surface area is 119 Å². The van der Waals surface area contributed by atoms with Gasteiger partial charge in [0, 0.05) is 28.8 Å². The number of primary amides is 1. The van der Waals surface area contributed by atoms with Crippen molar-refractivity contribution in [2.24, 2.45) is 5.73 Å². The molecular weight excluding hydrogens is 258 g/mol. The molecule has 108 valence electrons. The minimum Gasteiger partial charge on any atom is -0.370 e. The summed E-state index contributed by atoms with van der Waals surface area (Å²) in [6.45, 7) is 12.6. The predicted octanol–water partition coefficient (Wildman–Crippen LogP) is 2.66. The fraction of sp³-hybridized carbons (Fsp3) is 0.714. The molecule has 0 aromatic carbocycles. The summed E-state index contributed by atoms with van der Waals surface area (Å²) >= 11 is 1.75. The smallest absolute Gasteiger partial charge is 0.218 e. The van der Waals surface area contributed by atoms with E-state index in [4.69, 9.17) is 5.73 Å². The molecule has 1 aromatic rings. The van der Waals surface area contributed by atoms with Crippen LogP contribution in [0.1, 0.15) is 62.7 Å². The molecule has 5 heteroatoms. The first-order valence-corrected chi connectivity index (χ1v) is 7.45. The second-order valence-corrected chi connectivity index (χ2v) is 7.21. The van der Waals surface area contributed by atoms with E-state index in [1.165, 1.54) is 4.88 Å². The van der Waals surface area contributed by atoms with Crippen LogP contribution in [0.25, 0.3) is 0 Å². The highest BCUT2D eigenvalue weighted by Crippen LogP contribution is 2.32. The number of carbonyl (C=O) groups excluding carboxylic acids is 1. The van der Waals surface area contributed by atoms with Crippen LogP contribution in [-0.4, -0.2) is 16.9 Å². The van der Waals surface area contributed by atoms with Crippen LogP contribution in [-0.2, 0) is 10.2 Å². The van der Waals surface area contributed by atoms with Gasteiger partial charge in [0.2, 0.25) is 5.91 Å². The third-order valence-electron chi connectivity index (χ3n) is 2.91. The van der Waals surface area contributed by atoms with Crippen molar-refractivity contribution in [2.45, 2.75) is 65.5 Å². The summed E-state index contributed by atoms with van der Waals surface area (Å²) in [6.07, 6.45) is 0.355. The van der Waals surface area contributed by atoms with E-state index < -0.39 is 0 Å². The van der Waals surface area contributed by atoms with Crippen molar-refractivity contribution in [2.75, 3.05) is 0 Å². The molecule has 0 aliphatic carbocycles. The number of hydrogen-bond acceptors (Lipinski definition) is 4. The highest BCUT2D eigenvalue weighted by molar-refractivity contribution is 7.12. The van der Waals surface area contributed by atoms with Gasteiger partial charge in [-0.2, -0.15) is 0 Å². The van der Waals surface area contributed by atoms with Crippen LogP contribution < -0.4 is 11.1 Å². The summed E-state index contributed by atoms with van der Waals surface area (Å²) in [5.74, 6) is -0.274. The van der Waals surface area contributed by atoms with E-state index in [0.29, 0.717) is 6.42 Å². The van der Waals surface area contributed by atoms with Gasteiger partial charge in [0.05, 0.1) is 10.7 Å². The summed E-state index contributed by atoms with van der Waals surface area (Å²) in [6, 6.07) is 0.259. The molecule has 4 nitrogen and oxygen atoms in total. The molecular formula is C14H25N3OS. The Bertz CT molecular complexity index is 448. The van der Waals surface area contributed by atoms with Crippen molar-refractivity contribution < 1.29 is 4.79 Å². The van der Waals surface area contributed by atoms with Crippen LogP contribution in [0.4, 0.5) is 0 Å². The van der Waals surface area contributed by atoms with Crippen LogP contribution in [0.15, 0.2) is 0 Å². The summed E-state index contributed by atoms with van der Waals surface area (Å²) in [4.78, 5) is 16.8. The number of aryl methyl sites for hydroxylation is 1. The minimum absolute atomic E-state index is 0.0756. The zero-order valence-electron chi connectivity index (χ0n) is 12.7. The average Bonchev–Trinajstić information content (AvgIpc) is 2.58. The SMILES string of the molecule is Cc1nc(C(C)(C)C)sc1C(C)NC(C)CC(N)=O. The number of nitrogens with zero attached hydrogens (tertiary/aromatic N) is 1. The van der Waals surface area contributed by atoms with Crippen molar-refractivity contribution in [3.63, 3.8) is 0 Å². The monoisotopic (exact) mass is 283 g/mol. The molecule has 2 unspecified atom stereocenters. The molecule has 0 aliphatic rings. The van der Waals surface area contributed by atoms with Crippen molar-refractivity contribution >= 4 is 17.2 Å². The number of thiazole rings is 1. The van der Waals surface area contributed by atoms with E-state index in [2.05, 4.69) is 38.0 Å². The lowest BCUT2D eigenvalue weighted by atomic mass is 9.98. The number of carbonyl (C=O) groups is 1. The zero-order valence-corrected chi connectivity index (χ0v) is 13.5. The third-order valence-corrected chi connectivity index (χ3v) is 4.68. The summed E-state index contributed by atoms with van der Waals surface area (Å²) in [7, 11) is 0. The summed E-state index contributed by atoms with van der Waals surface area (Å²) in [5, 5.41) is 4.55. The van der Waals surface area contributed by atoms with Gasteiger partial charge in [-0.25, -0.2) is 4.98 Å². The van der Waals surface area contributed by atoms with E-state index in [1.54, 1.807) is 11.3 Å². The molecule has 1 heterocycles. The van der Waals surface area contributed by atoms with Crippen LogP contribution in [0, 0.1) is 6.92 Å². The zero-order chi connectivity index (χ0) is 14.8. The van der Waals surface area contributed by atoms with Gasteiger partial charge in [-0.15, -0.1) is 11.3 Å². The third kappa shape index (κ3) is 4.58. The molecule has 1 aromatic heterocycles. The van der Waals surface area contributed by atoms with Crippen LogP contribution >= 0.6 is 11.3 Å². The van der Waals surface area contributed by atoms with Gasteiger partial charge in [0.25, 0.3) is 0 Å². The Balaban J connectivity index is 2.80. The Hall–Kier alpha value is -0.940. The molecule has 3 N–H and O–H groups in total. The Morgan fingerprint density at radius 3 is 2.42 bits per heavy atom. The van der Waals surface area contributed by atoms with E-state index >= 15 is 0 Å². The lowest BCUT2D eigenvalue weighted by Gasteiger charge is -2.18. The molecule has 1 rings (SSSR count). The molecule has 2 atom stereocenters. The van der Waals surface area contributed by atoms with E-state index in [9.17, 15) is 4.79 Å². The first-order valence-electron chi connectivity index (χ1n) is 6.63. The predicted molar refractivity (Wildman–Crippen MR) is 80.4 cm³/mol. The topological polar surface area (TPSA) is 68.0 Å². The molecule has 19 heavy (non-hydrogen) atoms.